The Hall–Kier alpha value is -2.79. The first-order chi connectivity index (χ1) is 13.4. The van der Waals surface area contributed by atoms with Gasteiger partial charge in [-0.3, -0.25) is 4.79 Å². The van der Waals surface area contributed by atoms with E-state index in [9.17, 15) is 9.18 Å². The first kappa shape index (κ1) is 21.5. The summed E-state index contributed by atoms with van der Waals surface area (Å²) in [5.74, 6) is -0.754. The van der Waals surface area contributed by atoms with E-state index in [4.69, 9.17) is 9.68 Å². The molecule has 0 saturated heterocycles. The molecule has 0 saturated carbocycles. The lowest BCUT2D eigenvalue weighted by Crippen LogP contribution is -2.29. The number of rotatable bonds is 7. The second kappa shape index (κ2) is 9.95. The number of carbonyl (C=O) groups excluding carboxylic acids is 1. The molecule has 2 rings (SSSR count). The summed E-state index contributed by atoms with van der Waals surface area (Å²) in [5, 5.41) is 11.2. The van der Waals surface area contributed by atoms with Gasteiger partial charge in [0, 0.05) is 23.7 Å². The lowest BCUT2D eigenvalue weighted by Gasteiger charge is -2.13. The average Bonchev–Trinajstić information content (AvgIpc) is 2.66. The summed E-state index contributed by atoms with van der Waals surface area (Å²) in [6.45, 7) is 3.65. The molecule has 0 bridgehead atoms. The summed E-state index contributed by atoms with van der Waals surface area (Å²) in [6.07, 6.45) is 0. The molecule has 0 fully saturated rings. The van der Waals surface area contributed by atoms with Crippen molar-refractivity contribution in [1.29, 1.82) is 0 Å². The number of amides is 1. The van der Waals surface area contributed by atoms with E-state index >= 15 is 0 Å². The lowest BCUT2D eigenvalue weighted by atomic mass is 9.98. The van der Waals surface area contributed by atoms with Crippen molar-refractivity contribution in [2.75, 3.05) is 14.2 Å². The van der Waals surface area contributed by atoms with Gasteiger partial charge in [-0.15, -0.1) is 9.24 Å². The smallest absolute Gasteiger partial charge is 0.273 e. The molecule has 0 heterocycles. The van der Waals surface area contributed by atoms with Crippen LogP contribution >= 0.6 is 9.24 Å². The van der Waals surface area contributed by atoms with E-state index in [2.05, 4.69) is 24.9 Å². The van der Waals surface area contributed by atoms with Crippen LogP contribution in [-0.4, -0.2) is 31.5 Å². The fraction of sp³-hybridized carbons (Fsp3) is 0.250. The van der Waals surface area contributed by atoms with Crippen LogP contribution in [0, 0.1) is 12.7 Å². The molecule has 0 aliphatic rings. The van der Waals surface area contributed by atoms with Crippen molar-refractivity contribution in [3.63, 3.8) is 0 Å². The number of hydrogen-bond acceptors (Lipinski definition) is 5. The van der Waals surface area contributed by atoms with Crippen molar-refractivity contribution in [2.45, 2.75) is 20.5 Å². The number of likely N-dealkylation sites (N-methyl/N-ethyl adjacent to an activating group) is 1. The molecule has 8 heteroatoms. The number of benzene rings is 2. The highest BCUT2D eigenvalue weighted by Crippen LogP contribution is 2.18. The molecule has 1 unspecified atom stereocenters. The minimum absolute atomic E-state index is 0.0857. The summed E-state index contributed by atoms with van der Waals surface area (Å²) >= 11 is 0. The largest absolute Gasteiger partial charge is 0.398 e. The number of nitrogens with one attached hydrogen (secondary N) is 1. The van der Waals surface area contributed by atoms with Crippen molar-refractivity contribution in [2.24, 2.45) is 10.3 Å². The van der Waals surface area contributed by atoms with Gasteiger partial charge in [-0.05, 0) is 36.8 Å². The average molecular weight is 403 g/mol. The van der Waals surface area contributed by atoms with Gasteiger partial charge in [0.1, 0.15) is 19.5 Å². The minimum atomic E-state index is -0.382. The van der Waals surface area contributed by atoms with E-state index in [0.29, 0.717) is 16.8 Å². The molecule has 2 aromatic carbocycles. The van der Waals surface area contributed by atoms with Crippen LogP contribution in [0.2, 0.25) is 0 Å². The zero-order valence-electron chi connectivity index (χ0n) is 16.2. The minimum Gasteiger partial charge on any atom is -0.398 e. The number of aryl methyl sites for hydroxylation is 1. The third kappa shape index (κ3) is 5.14. The molecule has 0 spiro atoms. The molecule has 0 radical (unpaired) electrons. The van der Waals surface area contributed by atoms with E-state index in [-0.39, 0.29) is 24.0 Å². The van der Waals surface area contributed by atoms with Gasteiger partial charge in [-0.25, -0.2) is 4.39 Å². The Labute approximate surface area is 166 Å². The van der Waals surface area contributed by atoms with E-state index in [1.54, 1.807) is 25.1 Å². The van der Waals surface area contributed by atoms with Gasteiger partial charge in [0.15, 0.2) is 5.71 Å². The molecule has 0 aromatic heterocycles. The number of hydrogen-bond donors (Lipinski definition) is 1. The van der Waals surface area contributed by atoms with Crippen LogP contribution in [0.3, 0.4) is 0 Å². The molecule has 6 nitrogen and oxygen atoms in total. The van der Waals surface area contributed by atoms with Gasteiger partial charge in [-0.1, -0.05) is 34.6 Å². The van der Waals surface area contributed by atoms with Gasteiger partial charge in [0.05, 0.1) is 5.71 Å². The van der Waals surface area contributed by atoms with Crippen molar-refractivity contribution < 1.29 is 18.9 Å². The number of oxime groups is 2. The van der Waals surface area contributed by atoms with Gasteiger partial charge < -0.3 is 15.0 Å². The van der Waals surface area contributed by atoms with Crippen molar-refractivity contribution in [3.8, 4) is 0 Å². The van der Waals surface area contributed by atoms with Gasteiger partial charge in [0.2, 0.25) is 0 Å². The molecule has 1 amide bonds. The predicted octanol–water partition coefficient (Wildman–Crippen LogP) is 2.67. The Bertz CT molecular complexity index is 929. The van der Waals surface area contributed by atoms with Crippen LogP contribution in [-0.2, 0) is 21.1 Å². The third-order valence-corrected chi connectivity index (χ3v) is 4.44. The van der Waals surface area contributed by atoms with Crippen molar-refractivity contribution >= 4 is 31.9 Å². The molecule has 0 aliphatic carbocycles. The summed E-state index contributed by atoms with van der Waals surface area (Å²) < 4.78 is 14.1. The Balaban J connectivity index is 2.29. The van der Waals surface area contributed by atoms with E-state index in [1.165, 1.54) is 20.2 Å². The maximum atomic E-state index is 14.1. The monoisotopic (exact) mass is 403 g/mol. The Kier molecular flexibility index (Phi) is 7.64. The second-order valence-corrected chi connectivity index (χ2v) is 6.66. The topological polar surface area (TPSA) is 72.3 Å². The zero-order valence-corrected chi connectivity index (χ0v) is 17.4. The molecule has 1 atom stereocenters. The van der Waals surface area contributed by atoms with Gasteiger partial charge >= 0.3 is 0 Å². The number of nitrogens with zero attached hydrogens (tertiary/aromatic N) is 2. The quantitative estimate of drug-likeness (QED) is 0.439. The Morgan fingerprint density at radius 1 is 1.21 bits per heavy atom. The first-order valence-corrected chi connectivity index (χ1v) is 9.10. The third-order valence-electron chi connectivity index (χ3n) is 4.08. The van der Waals surface area contributed by atoms with Crippen LogP contribution in [0.25, 0.3) is 0 Å². The highest BCUT2D eigenvalue weighted by Gasteiger charge is 2.19. The summed E-state index contributed by atoms with van der Waals surface area (Å²) in [6, 6.07) is 10.3. The molecular formula is C20H23FN3O3P. The van der Waals surface area contributed by atoms with Crippen molar-refractivity contribution in [3.05, 3.63) is 64.5 Å². The highest BCUT2D eigenvalue weighted by molar-refractivity contribution is 7.27. The van der Waals surface area contributed by atoms with E-state index in [1.807, 2.05) is 19.1 Å². The Morgan fingerprint density at radius 2 is 1.96 bits per heavy atom. The SMILES string of the molecule is CNC(=O)/C(=N/OC)c1cccc(C)c1CO/N=C(\C)c1ccc(P)cc1F. The number of carbonyl (C=O) groups is 1. The van der Waals surface area contributed by atoms with E-state index < -0.39 is 0 Å². The molecule has 28 heavy (non-hydrogen) atoms. The predicted molar refractivity (Wildman–Crippen MR) is 112 cm³/mol. The Morgan fingerprint density at radius 3 is 2.61 bits per heavy atom. The van der Waals surface area contributed by atoms with Gasteiger partial charge in [0.25, 0.3) is 5.91 Å². The summed E-state index contributed by atoms with van der Waals surface area (Å²) in [4.78, 5) is 22.5. The van der Waals surface area contributed by atoms with Gasteiger partial charge in [-0.2, -0.15) is 0 Å². The normalized spacial score (nSPS) is 11.9. The van der Waals surface area contributed by atoms with Crippen LogP contribution in [0.4, 0.5) is 4.39 Å². The first-order valence-electron chi connectivity index (χ1n) is 8.53. The lowest BCUT2D eigenvalue weighted by molar-refractivity contribution is -0.114. The standard InChI is InChI=1S/C20H23FN3O3P/c1-12-6-5-7-16(19(24-26-4)20(25)22-3)17(12)11-27-23-13(2)15-9-8-14(28)10-18(15)21/h5-10H,11,28H2,1-4H3,(H,22,25)/b23-13+,24-19+. The second-order valence-electron chi connectivity index (χ2n) is 5.99. The van der Waals surface area contributed by atoms with Crippen LogP contribution in [0.5, 0.6) is 0 Å². The molecular weight excluding hydrogens is 380 g/mol. The van der Waals surface area contributed by atoms with Crippen LogP contribution < -0.4 is 10.6 Å². The zero-order chi connectivity index (χ0) is 20.7. The summed E-state index contributed by atoms with van der Waals surface area (Å²) in [5.41, 5.74) is 3.12. The highest BCUT2D eigenvalue weighted by atomic mass is 31.0. The number of halogens is 1. The van der Waals surface area contributed by atoms with Crippen LogP contribution in [0.1, 0.15) is 29.2 Å². The van der Waals surface area contributed by atoms with Crippen molar-refractivity contribution in [1.82, 2.24) is 5.32 Å². The maximum Gasteiger partial charge on any atom is 0.273 e. The molecule has 2 aromatic rings. The molecule has 1 N–H and O–H groups in total. The maximum absolute atomic E-state index is 14.1. The summed E-state index contributed by atoms with van der Waals surface area (Å²) in [7, 11) is 5.33. The van der Waals surface area contributed by atoms with E-state index in [0.717, 1.165) is 16.4 Å². The van der Waals surface area contributed by atoms with Crippen LogP contribution in [0.15, 0.2) is 46.7 Å². The fourth-order valence-corrected chi connectivity index (χ4v) is 2.85. The fourth-order valence-electron chi connectivity index (χ4n) is 2.61. The molecule has 0 aliphatic heterocycles. The molecule has 148 valence electrons.